The summed E-state index contributed by atoms with van der Waals surface area (Å²) in [6.07, 6.45) is 0.763. The molecule has 0 heterocycles. The van der Waals surface area contributed by atoms with E-state index in [4.69, 9.17) is 25.2 Å². The van der Waals surface area contributed by atoms with E-state index in [1.54, 1.807) is 32.4 Å². The van der Waals surface area contributed by atoms with Gasteiger partial charge < -0.3 is 25.2 Å². The van der Waals surface area contributed by atoms with E-state index in [1.807, 2.05) is 6.92 Å². The van der Waals surface area contributed by atoms with Crippen molar-refractivity contribution in [1.82, 2.24) is 0 Å². The molecule has 6 heteroatoms. The molecule has 0 radical (unpaired) electrons. The molecule has 0 amide bonds. The van der Waals surface area contributed by atoms with E-state index in [0.29, 0.717) is 23.7 Å². The minimum atomic E-state index is -0.00723. The van der Waals surface area contributed by atoms with Crippen molar-refractivity contribution >= 4 is 5.84 Å². The molecule has 6 nitrogen and oxygen atoms in total. The van der Waals surface area contributed by atoms with E-state index in [0.717, 1.165) is 6.42 Å². The zero-order chi connectivity index (χ0) is 14.3. The third-order valence-electron chi connectivity index (χ3n) is 2.59. The Kier molecular flexibility index (Phi) is 5.95. The van der Waals surface area contributed by atoms with Crippen LogP contribution in [0.15, 0.2) is 23.4 Å². The highest BCUT2D eigenvalue weighted by molar-refractivity contribution is 5.97. The van der Waals surface area contributed by atoms with E-state index >= 15 is 0 Å². The van der Waals surface area contributed by atoms with E-state index in [-0.39, 0.29) is 11.9 Å². The van der Waals surface area contributed by atoms with Gasteiger partial charge in [-0.3, -0.25) is 0 Å². The molecule has 0 saturated heterocycles. The SMILES string of the molecule is COCCC(C)Oc1cc(OC)cc(/C(N)=N/O)c1. The second-order valence-electron chi connectivity index (χ2n) is 4.09. The van der Waals surface area contributed by atoms with Crippen LogP contribution in [0.25, 0.3) is 0 Å². The molecule has 0 aliphatic rings. The van der Waals surface area contributed by atoms with E-state index in [1.165, 1.54) is 0 Å². The van der Waals surface area contributed by atoms with Crippen molar-refractivity contribution in [3.63, 3.8) is 0 Å². The van der Waals surface area contributed by atoms with Gasteiger partial charge in [0.05, 0.1) is 13.2 Å². The molecule has 0 fully saturated rings. The summed E-state index contributed by atoms with van der Waals surface area (Å²) in [4.78, 5) is 0. The molecule has 3 N–H and O–H groups in total. The molecule has 1 unspecified atom stereocenters. The summed E-state index contributed by atoms with van der Waals surface area (Å²) in [7, 11) is 3.19. The monoisotopic (exact) mass is 268 g/mol. The van der Waals surface area contributed by atoms with Crippen LogP contribution in [-0.4, -0.2) is 38.0 Å². The highest BCUT2D eigenvalue weighted by Crippen LogP contribution is 2.24. The van der Waals surface area contributed by atoms with Crippen molar-refractivity contribution in [3.8, 4) is 11.5 Å². The maximum atomic E-state index is 8.71. The van der Waals surface area contributed by atoms with Gasteiger partial charge in [0, 0.05) is 31.8 Å². The molecule has 0 aliphatic heterocycles. The molecule has 0 bridgehead atoms. The number of nitrogens with zero attached hydrogens (tertiary/aromatic N) is 1. The first-order valence-electron chi connectivity index (χ1n) is 5.93. The van der Waals surface area contributed by atoms with Crippen molar-refractivity contribution < 1.29 is 19.4 Å². The molecule has 0 saturated carbocycles. The molecule has 1 aromatic rings. The van der Waals surface area contributed by atoms with Gasteiger partial charge in [-0.1, -0.05) is 5.16 Å². The quantitative estimate of drug-likeness (QED) is 0.339. The first-order valence-corrected chi connectivity index (χ1v) is 5.93. The Balaban J connectivity index is 2.88. The topological polar surface area (TPSA) is 86.3 Å². The summed E-state index contributed by atoms with van der Waals surface area (Å²) in [6, 6.07) is 5.11. The van der Waals surface area contributed by atoms with Gasteiger partial charge in [-0.05, 0) is 19.1 Å². The van der Waals surface area contributed by atoms with Gasteiger partial charge in [0.1, 0.15) is 11.5 Å². The average Bonchev–Trinajstić information content (AvgIpc) is 2.43. The smallest absolute Gasteiger partial charge is 0.170 e. The Morgan fingerprint density at radius 1 is 1.32 bits per heavy atom. The Hall–Kier alpha value is -1.95. The highest BCUT2D eigenvalue weighted by atomic mass is 16.5. The van der Waals surface area contributed by atoms with Crippen LogP contribution < -0.4 is 15.2 Å². The summed E-state index contributed by atoms with van der Waals surface area (Å²) in [5, 5.41) is 11.7. The summed E-state index contributed by atoms with van der Waals surface area (Å²) in [5.74, 6) is 1.19. The van der Waals surface area contributed by atoms with Gasteiger partial charge in [0.2, 0.25) is 0 Å². The van der Waals surface area contributed by atoms with Crippen LogP contribution in [0.3, 0.4) is 0 Å². The maximum Gasteiger partial charge on any atom is 0.170 e. The van der Waals surface area contributed by atoms with Gasteiger partial charge in [-0.15, -0.1) is 0 Å². The Labute approximate surface area is 112 Å². The summed E-state index contributed by atoms with van der Waals surface area (Å²) in [5.41, 5.74) is 6.10. The van der Waals surface area contributed by atoms with Crippen LogP contribution >= 0.6 is 0 Å². The van der Waals surface area contributed by atoms with Crippen molar-refractivity contribution in [2.24, 2.45) is 10.9 Å². The predicted octanol–water partition coefficient (Wildman–Crippen LogP) is 1.59. The van der Waals surface area contributed by atoms with E-state index in [9.17, 15) is 0 Å². The third-order valence-corrected chi connectivity index (χ3v) is 2.59. The number of hydrogen-bond donors (Lipinski definition) is 2. The van der Waals surface area contributed by atoms with Gasteiger partial charge in [-0.25, -0.2) is 0 Å². The Bertz CT molecular complexity index is 435. The van der Waals surface area contributed by atoms with Crippen LogP contribution in [0, 0.1) is 0 Å². The molecular weight excluding hydrogens is 248 g/mol. The van der Waals surface area contributed by atoms with Gasteiger partial charge in [0.15, 0.2) is 5.84 Å². The maximum absolute atomic E-state index is 8.71. The van der Waals surface area contributed by atoms with Crippen LogP contribution in [0.4, 0.5) is 0 Å². The fraction of sp³-hybridized carbons (Fsp3) is 0.462. The van der Waals surface area contributed by atoms with Crippen LogP contribution in [0.2, 0.25) is 0 Å². The average molecular weight is 268 g/mol. The molecular formula is C13H20N2O4. The lowest BCUT2D eigenvalue weighted by Gasteiger charge is -2.16. The normalized spacial score (nSPS) is 13.1. The fourth-order valence-electron chi connectivity index (χ4n) is 1.54. The molecule has 0 aliphatic carbocycles. The van der Waals surface area contributed by atoms with E-state index < -0.39 is 0 Å². The number of nitrogens with two attached hydrogens (primary N) is 1. The summed E-state index contributed by atoms with van der Waals surface area (Å²) < 4.78 is 15.9. The minimum Gasteiger partial charge on any atom is -0.497 e. The minimum absolute atomic E-state index is 0.00723. The van der Waals surface area contributed by atoms with Crippen LogP contribution in [0.1, 0.15) is 18.9 Å². The van der Waals surface area contributed by atoms with E-state index in [2.05, 4.69) is 5.16 Å². The van der Waals surface area contributed by atoms with Crippen molar-refractivity contribution in [3.05, 3.63) is 23.8 Å². The standard InChI is InChI=1S/C13H20N2O4/c1-9(4-5-17-2)19-12-7-10(13(14)15-16)6-11(8-12)18-3/h6-9,16H,4-5H2,1-3H3,(H2,14,15). The second-order valence-corrected chi connectivity index (χ2v) is 4.09. The van der Waals surface area contributed by atoms with Gasteiger partial charge in [-0.2, -0.15) is 0 Å². The number of oxime groups is 1. The van der Waals surface area contributed by atoms with Crippen molar-refractivity contribution in [2.75, 3.05) is 20.8 Å². The zero-order valence-corrected chi connectivity index (χ0v) is 11.4. The number of methoxy groups -OCH3 is 2. The van der Waals surface area contributed by atoms with Crippen molar-refractivity contribution in [1.29, 1.82) is 0 Å². The molecule has 19 heavy (non-hydrogen) atoms. The molecule has 1 rings (SSSR count). The first-order chi connectivity index (χ1) is 9.10. The Morgan fingerprint density at radius 3 is 2.58 bits per heavy atom. The number of benzene rings is 1. The highest BCUT2D eigenvalue weighted by Gasteiger charge is 2.09. The largest absolute Gasteiger partial charge is 0.497 e. The van der Waals surface area contributed by atoms with Crippen LogP contribution in [-0.2, 0) is 4.74 Å². The lowest BCUT2D eigenvalue weighted by Crippen LogP contribution is -2.16. The number of hydrogen-bond acceptors (Lipinski definition) is 5. The van der Waals surface area contributed by atoms with Crippen LogP contribution in [0.5, 0.6) is 11.5 Å². The number of rotatable bonds is 7. The number of ether oxygens (including phenoxy) is 3. The zero-order valence-electron chi connectivity index (χ0n) is 11.4. The molecule has 106 valence electrons. The van der Waals surface area contributed by atoms with Gasteiger partial charge in [0.25, 0.3) is 0 Å². The summed E-state index contributed by atoms with van der Waals surface area (Å²) in [6.45, 7) is 2.57. The number of amidine groups is 1. The second kappa shape index (κ2) is 7.48. The fourth-order valence-corrected chi connectivity index (χ4v) is 1.54. The summed E-state index contributed by atoms with van der Waals surface area (Å²) >= 11 is 0. The molecule has 0 spiro atoms. The first kappa shape index (κ1) is 15.1. The lowest BCUT2D eigenvalue weighted by atomic mass is 10.2. The molecule has 0 aromatic heterocycles. The molecule has 1 atom stereocenters. The lowest BCUT2D eigenvalue weighted by molar-refractivity contribution is 0.135. The third kappa shape index (κ3) is 4.67. The predicted molar refractivity (Wildman–Crippen MR) is 72.1 cm³/mol. The molecule has 1 aromatic carbocycles. The van der Waals surface area contributed by atoms with Crippen molar-refractivity contribution in [2.45, 2.75) is 19.4 Å². The van der Waals surface area contributed by atoms with Gasteiger partial charge >= 0.3 is 0 Å². The Morgan fingerprint density at radius 2 is 2.00 bits per heavy atom.